The van der Waals surface area contributed by atoms with Crippen LogP contribution in [0.1, 0.15) is 51.0 Å². The van der Waals surface area contributed by atoms with Crippen LogP contribution in [-0.4, -0.2) is 68.6 Å². The second kappa shape index (κ2) is 14.8. The van der Waals surface area contributed by atoms with E-state index in [0.717, 1.165) is 56.5 Å². The smallest absolute Gasteiger partial charge is 0.194 e. The number of methoxy groups -OCH3 is 1. The van der Waals surface area contributed by atoms with Crippen LogP contribution in [0.5, 0.6) is 11.5 Å². The number of hydrogen-bond acceptors (Lipinski definition) is 5. The molecule has 1 saturated carbocycles. The zero-order valence-electron chi connectivity index (χ0n) is 19.6. The highest BCUT2D eigenvalue weighted by Gasteiger charge is 2.24. The number of likely N-dealkylation sites (tertiary alicyclic amines) is 1. The molecule has 0 bridgehead atoms. The quantitative estimate of drug-likeness (QED) is 0.257. The van der Waals surface area contributed by atoms with E-state index >= 15 is 0 Å². The highest BCUT2D eigenvalue weighted by atomic mass is 127. The number of ether oxygens (including phenoxy) is 3. The summed E-state index contributed by atoms with van der Waals surface area (Å²) in [5, 5.41) is 12.4. The number of aliphatic hydroxyl groups is 1. The Morgan fingerprint density at radius 2 is 1.91 bits per heavy atom. The third-order valence-corrected chi connectivity index (χ3v) is 6.11. The highest BCUT2D eigenvalue weighted by molar-refractivity contribution is 14.0. The van der Waals surface area contributed by atoms with E-state index in [1.54, 1.807) is 7.11 Å². The first-order chi connectivity index (χ1) is 15.2. The third kappa shape index (κ3) is 8.26. The maximum Gasteiger partial charge on any atom is 0.194 e. The van der Waals surface area contributed by atoms with Crippen LogP contribution in [0.15, 0.2) is 23.2 Å². The van der Waals surface area contributed by atoms with E-state index in [0.29, 0.717) is 24.1 Å². The van der Waals surface area contributed by atoms with Gasteiger partial charge in [0.25, 0.3) is 0 Å². The van der Waals surface area contributed by atoms with E-state index in [1.165, 1.54) is 25.7 Å². The Labute approximate surface area is 209 Å². The zero-order chi connectivity index (χ0) is 21.9. The molecule has 182 valence electrons. The molecule has 8 heteroatoms. The summed E-state index contributed by atoms with van der Waals surface area (Å²) in [6, 6.07) is 5.81. The summed E-state index contributed by atoms with van der Waals surface area (Å²) in [5.74, 6) is 3.04. The second-order valence-corrected chi connectivity index (χ2v) is 8.40. The lowest BCUT2D eigenvalue weighted by Crippen LogP contribution is -2.47. The Morgan fingerprint density at radius 3 is 2.56 bits per heavy atom. The van der Waals surface area contributed by atoms with Crippen LogP contribution in [-0.2, 0) is 11.3 Å². The van der Waals surface area contributed by atoms with Gasteiger partial charge < -0.3 is 29.5 Å². The minimum absolute atomic E-state index is 0. The van der Waals surface area contributed by atoms with Gasteiger partial charge in [-0.3, -0.25) is 0 Å². The van der Waals surface area contributed by atoms with Gasteiger partial charge in [0.15, 0.2) is 17.5 Å². The zero-order valence-corrected chi connectivity index (χ0v) is 21.9. The Hall–Kier alpha value is -1.26. The lowest BCUT2D eigenvalue weighted by Gasteiger charge is -2.34. The van der Waals surface area contributed by atoms with Crippen LogP contribution in [0.25, 0.3) is 0 Å². The number of guanidine groups is 1. The molecule has 1 aromatic carbocycles. The van der Waals surface area contributed by atoms with Crippen molar-refractivity contribution in [1.82, 2.24) is 10.2 Å². The van der Waals surface area contributed by atoms with E-state index < -0.39 is 0 Å². The maximum atomic E-state index is 8.96. The van der Waals surface area contributed by atoms with Gasteiger partial charge in [-0.15, -0.1) is 24.0 Å². The predicted molar refractivity (Wildman–Crippen MR) is 138 cm³/mol. The number of hydrogen-bond donors (Lipinski definition) is 2. The second-order valence-electron chi connectivity index (χ2n) is 8.40. The molecule has 0 unspecified atom stereocenters. The van der Waals surface area contributed by atoms with Crippen molar-refractivity contribution in [3.8, 4) is 11.5 Å². The average molecular weight is 562 g/mol. The largest absolute Gasteiger partial charge is 0.493 e. The topological polar surface area (TPSA) is 75.6 Å². The van der Waals surface area contributed by atoms with Crippen LogP contribution in [0.3, 0.4) is 0 Å². The monoisotopic (exact) mass is 561 g/mol. The first-order valence-electron chi connectivity index (χ1n) is 11.8. The molecule has 0 atom stereocenters. The van der Waals surface area contributed by atoms with Gasteiger partial charge in [0.2, 0.25) is 0 Å². The van der Waals surface area contributed by atoms with Crippen molar-refractivity contribution in [1.29, 1.82) is 0 Å². The van der Waals surface area contributed by atoms with Gasteiger partial charge in [0.1, 0.15) is 6.61 Å². The summed E-state index contributed by atoms with van der Waals surface area (Å²) in [4.78, 5) is 7.21. The Balaban J connectivity index is 0.00000363. The lowest BCUT2D eigenvalue weighted by atomic mass is 10.1. The SMILES string of the molecule is CCNC(=NCc1ccc(OCCO)c(OC)c1)N1CCC(OCC2CCCC2)CC1.I. The van der Waals surface area contributed by atoms with Gasteiger partial charge in [0, 0.05) is 26.2 Å². The van der Waals surface area contributed by atoms with Crippen molar-refractivity contribution < 1.29 is 19.3 Å². The standard InChI is InChI=1S/C24H39N3O4.HI/c1-3-25-24(26-17-20-8-9-22(30-15-14-28)23(16-20)29-2)27-12-10-21(11-13-27)31-18-19-6-4-5-7-19;/h8-9,16,19,21,28H,3-7,10-15,17-18H2,1-2H3,(H,25,26);1H. The van der Waals surface area contributed by atoms with Crippen molar-refractivity contribution in [2.75, 3.05) is 46.6 Å². The van der Waals surface area contributed by atoms with Crippen LogP contribution in [0, 0.1) is 5.92 Å². The van der Waals surface area contributed by atoms with Gasteiger partial charge in [-0.25, -0.2) is 4.99 Å². The summed E-state index contributed by atoms with van der Waals surface area (Å²) in [6.07, 6.45) is 7.93. The fraction of sp³-hybridized carbons (Fsp3) is 0.708. The molecule has 0 spiro atoms. The molecule has 32 heavy (non-hydrogen) atoms. The molecule has 1 aliphatic heterocycles. The van der Waals surface area contributed by atoms with Crippen LogP contribution in [0.4, 0.5) is 0 Å². The molecule has 7 nitrogen and oxygen atoms in total. The highest BCUT2D eigenvalue weighted by Crippen LogP contribution is 2.28. The molecule has 1 aromatic rings. The normalized spacial score (nSPS) is 17.8. The van der Waals surface area contributed by atoms with Crippen molar-refractivity contribution in [2.45, 2.75) is 58.1 Å². The predicted octanol–water partition coefficient (Wildman–Crippen LogP) is 3.82. The Morgan fingerprint density at radius 1 is 1.16 bits per heavy atom. The van der Waals surface area contributed by atoms with Gasteiger partial charge >= 0.3 is 0 Å². The van der Waals surface area contributed by atoms with Crippen LogP contribution in [0.2, 0.25) is 0 Å². The number of aliphatic imine (C=N–C) groups is 1. The molecule has 2 N–H and O–H groups in total. The van der Waals surface area contributed by atoms with Crippen molar-refractivity contribution >= 4 is 29.9 Å². The number of piperidine rings is 1. The lowest BCUT2D eigenvalue weighted by molar-refractivity contribution is 0.00101. The molecule has 2 aliphatic rings. The third-order valence-electron chi connectivity index (χ3n) is 6.11. The Kier molecular flexibility index (Phi) is 12.5. The molecule has 0 radical (unpaired) electrons. The molecular weight excluding hydrogens is 521 g/mol. The molecular formula is C24H40IN3O4. The summed E-state index contributed by atoms with van der Waals surface area (Å²) in [6.45, 7) is 6.62. The van der Waals surface area contributed by atoms with Crippen molar-refractivity contribution in [2.24, 2.45) is 10.9 Å². The maximum absolute atomic E-state index is 8.96. The number of nitrogens with one attached hydrogen (secondary N) is 1. The fourth-order valence-electron chi connectivity index (χ4n) is 4.36. The van der Waals surface area contributed by atoms with Crippen LogP contribution >= 0.6 is 24.0 Å². The van der Waals surface area contributed by atoms with E-state index in [9.17, 15) is 0 Å². The summed E-state index contributed by atoms with van der Waals surface area (Å²) in [7, 11) is 1.62. The number of halogens is 1. The van der Waals surface area contributed by atoms with Gasteiger partial charge in [-0.1, -0.05) is 18.9 Å². The number of rotatable bonds is 10. The summed E-state index contributed by atoms with van der Waals surface area (Å²) in [5.41, 5.74) is 1.05. The van der Waals surface area contributed by atoms with E-state index in [2.05, 4.69) is 17.1 Å². The van der Waals surface area contributed by atoms with E-state index in [-0.39, 0.29) is 37.2 Å². The minimum atomic E-state index is -0.0242. The van der Waals surface area contributed by atoms with Gasteiger partial charge in [-0.2, -0.15) is 0 Å². The first-order valence-corrected chi connectivity index (χ1v) is 11.8. The number of aliphatic hydroxyl groups excluding tert-OH is 1. The summed E-state index contributed by atoms with van der Waals surface area (Å²) < 4.78 is 17.2. The molecule has 3 rings (SSSR count). The molecule has 1 aliphatic carbocycles. The summed E-state index contributed by atoms with van der Waals surface area (Å²) >= 11 is 0. The fourth-order valence-corrected chi connectivity index (χ4v) is 4.36. The average Bonchev–Trinajstić information content (AvgIpc) is 3.33. The van der Waals surface area contributed by atoms with Gasteiger partial charge in [-0.05, 0) is 56.2 Å². The molecule has 0 amide bonds. The molecule has 0 aromatic heterocycles. The minimum Gasteiger partial charge on any atom is -0.493 e. The van der Waals surface area contributed by atoms with E-state index in [1.807, 2.05) is 18.2 Å². The molecule has 1 saturated heterocycles. The number of nitrogens with zero attached hydrogens (tertiary/aromatic N) is 2. The first kappa shape index (κ1) is 27.0. The van der Waals surface area contributed by atoms with E-state index in [4.69, 9.17) is 24.3 Å². The molecule has 2 fully saturated rings. The molecule has 1 heterocycles. The van der Waals surface area contributed by atoms with Crippen LogP contribution < -0.4 is 14.8 Å². The van der Waals surface area contributed by atoms with Gasteiger partial charge in [0.05, 0.1) is 26.4 Å². The number of benzene rings is 1. The Bertz CT molecular complexity index is 690. The van der Waals surface area contributed by atoms with Crippen molar-refractivity contribution in [3.63, 3.8) is 0 Å². The van der Waals surface area contributed by atoms with Crippen molar-refractivity contribution in [3.05, 3.63) is 23.8 Å².